The predicted molar refractivity (Wildman–Crippen MR) is 67.6 cm³/mol. The molecule has 1 aliphatic rings. The number of halogens is 1. The van der Waals surface area contributed by atoms with Crippen LogP contribution in [-0.2, 0) is 4.79 Å². The Morgan fingerprint density at radius 1 is 1.47 bits per heavy atom. The number of benzene rings is 1. The van der Waals surface area contributed by atoms with Gasteiger partial charge in [0.05, 0.1) is 17.1 Å². The highest BCUT2D eigenvalue weighted by molar-refractivity contribution is 7.80. The Labute approximate surface area is 109 Å². The topological polar surface area (TPSA) is 49.4 Å². The molecule has 0 unspecified atom stereocenters. The summed E-state index contributed by atoms with van der Waals surface area (Å²) in [5.41, 5.74) is 0.383. The molecule has 2 amide bonds. The van der Waals surface area contributed by atoms with Crippen molar-refractivity contribution in [2.24, 2.45) is 0 Å². The molecular formula is C11H11ClN2O2S. The highest BCUT2D eigenvalue weighted by Crippen LogP contribution is 2.21. The van der Waals surface area contributed by atoms with Crippen molar-refractivity contribution < 1.29 is 9.59 Å². The van der Waals surface area contributed by atoms with Crippen LogP contribution in [0.4, 0.5) is 0 Å². The molecular weight excluding hydrogens is 260 g/mol. The van der Waals surface area contributed by atoms with E-state index in [2.05, 4.69) is 17.9 Å². The van der Waals surface area contributed by atoms with Gasteiger partial charge in [0, 0.05) is 18.0 Å². The minimum atomic E-state index is -0.235. The molecule has 90 valence electrons. The lowest BCUT2D eigenvalue weighted by Crippen LogP contribution is -2.50. The molecule has 0 aromatic heterocycles. The first-order valence-corrected chi connectivity index (χ1v) is 5.95. The van der Waals surface area contributed by atoms with E-state index in [-0.39, 0.29) is 18.4 Å². The molecule has 0 atom stereocenters. The highest BCUT2D eigenvalue weighted by atomic mass is 35.5. The largest absolute Gasteiger partial charge is 0.353 e. The second-order valence-electron chi connectivity index (χ2n) is 3.74. The molecule has 17 heavy (non-hydrogen) atoms. The lowest BCUT2D eigenvalue weighted by Gasteiger charge is -2.27. The third-order valence-corrected chi connectivity index (χ3v) is 3.11. The van der Waals surface area contributed by atoms with E-state index in [9.17, 15) is 9.59 Å². The van der Waals surface area contributed by atoms with E-state index in [0.717, 1.165) is 0 Å². The van der Waals surface area contributed by atoms with Crippen molar-refractivity contribution in [1.29, 1.82) is 0 Å². The van der Waals surface area contributed by atoms with Gasteiger partial charge in [-0.15, -0.1) is 12.6 Å². The Kier molecular flexibility index (Phi) is 3.59. The number of rotatable bonds is 1. The molecule has 0 bridgehead atoms. The van der Waals surface area contributed by atoms with Gasteiger partial charge in [0.2, 0.25) is 5.91 Å². The molecule has 1 aliphatic heterocycles. The standard InChI is InChI=1S/C11H11ClN2O2S/c12-9-2-1-7(17)5-8(9)11(16)14-4-3-13-10(15)6-14/h1-2,5,17H,3-4,6H2,(H,13,15). The molecule has 1 N–H and O–H groups in total. The number of hydrogen-bond donors (Lipinski definition) is 2. The Morgan fingerprint density at radius 2 is 2.24 bits per heavy atom. The van der Waals surface area contributed by atoms with E-state index in [0.29, 0.717) is 28.6 Å². The van der Waals surface area contributed by atoms with Gasteiger partial charge in [-0.05, 0) is 18.2 Å². The lowest BCUT2D eigenvalue weighted by molar-refractivity contribution is -0.123. The first-order valence-electron chi connectivity index (χ1n) is 5.12. The van der Waals surface area contributed by atoms with Crippen molar-refractivity contribution in [3.05, 3.63) is 28.8 Å². The second-order valence-corrected chi connectivity index (χ2v) is 4.66. The average molecular weight is 271 g/mol. The average Bonchev–Trinajstić information content (AvgIpc) is 2.31. The van der Waals surface area contributed by atoms with Crippen LogP contribution in [0.5, 0.6) is 0 Å². The summed E-state index contributed by atoms with van der Waals surface area (Å²) in [6.45, 7) is 1.05. The maximum atomic E-state index is 12.1. The number of carbonyl (C=O) groups is 2. The summed E-state index contributed by atoms with van der Waals surface area (Å²) in [5.74, 6) is -0.386. The van der Waals surface area contributed by atoms with Crippen LogP contribution in [0, 0.1) is 0 Å². The minimum Gasteiger partial charge on any atom is -0.353 e. The van der Waals surface area contributed by atoms with Crippen LogP contribution < -0.4 is 5.32 Å². The Morgan fingerprint density at radius 3 is 2.94 bits per heavy atom. The number of piperazine rings is 1. The zero-order valence-corrected chi connectivity index (χ0v) is 10.6. The zero-order valence-electron chi connectivity index (χ0n) is 8.94. The summed E-state index contributed by atoms with van der Waals surface area (Å²) in [4.78, 5) is 25.5. The molecule has 1 aromatic rings. The number of thiol groups is 1. The van der Waals surface area contributed by atoms with Gasteiger partial charge in [-0.3, -0.25) is 9.59 Å². The molecule has 0 aliphatic carbocycles. The van der Waals surface area contributed by atoms with E-state index in [1.807, 2.05) is 0 Å². The van der Waals surface area contributed by atoms with Crippen molar-refractivity contribution in [3.8, 4) is 0 Å². The fraction of sp³-hybridized carbons (Fsp3) is 0.273. The van der Waals surface area contributed by atoms with Crippen LogP contribution in [-0.4, -0.2) is 36.3 Å². The van der Waals surface area contributed by atoms with Gasteiger partial charge in [-0.1, -0.05) is 11.6 Å². The van der Waals surface area contributed by atoms with Crippen molar-refractivity contribution >= 4 is 36.0 Å². The maximum absolute atomic E-state index is 12.1. The molecule has 1 heterocycles. The highest BCUT2D eigenvalue weighted by Gasteiger charge is 2.23. The van der Waals surface area contributed by atoms with Gasteiger partial charge >= 0.3 is 0 Å². The molecule has 0 saturated carbocycles. The molecule has 6 heteroatoms. The van der Waals surface area contributed by atoms with Crippen molar-refractivity contribution in [2.75, 3.05) is 19.6 Å². The van der Waals surface area contributed by atoms with Crippen LogP contribution in [0.25, 0.3) is 0 Å². The van der Waals surface area contributed by atoms with Crippen molar-refractivity contribution in [2.45, 2.75) is 4.90 Å². The van der Waals surface area contributed by atoms with Gasteiger partial charge in [-0.2, -0.15) is 0 Å². The fourth-order valence-corrected chi connectivity index (χ4v) is 2.06. The van der Waals surface area contributed by atoms with E-state index >= 15 is 0 Å². The number of carbonyl (C=O) groups excluding carboxylic acids is 2. The molecule has 1 fully saturated rings. The SMILES string of the molecule is O=C1CN(C(=O)c2cc(S)ccc2Cl)CCN1. The predicted octanol–water partition coefficient (Wildman–Crippen LogP) is 1.20. The van der Waals surface area contributed by atoms with Crippen molar-refractivity contribution in [1.82, 2.24) is 10.2 Å². The number of hydrogen-bond acceptors (Lipinski definition) is 3. The van der Waals surface area contributed by atoms with Crippen LogP contribution >= 0.6 is 24.2 Å². The third-order valence-electron chi connectivity index (χ3n) is 2.51. The zero-order chi connectivity index (χ0) is 12.4. The van der Waals surface area contributed by atoms with E-state index < -0.39 is 0 Å². The molecule has 1 saturated heterocycles. The quantitative estimate of drug-likeness (QED) is 0.754. The summed E-state index contributed by atoms with van der Waals surface area (Å²) in [7, 11) is 0. The molecule has 2 rings (SSSR count). The van der Waals surface area contributed by atoms with E-state index in [1.54, 1.807) is 18.2 Å². The summed E-state index contributed by atoms with van der Waals surface area (Å²) >= 11 is 10.1. The molecule has 1 aromatic carbocycles. The summed E-state index contributed by atoms with van der Waals surface area (Å²) < 4.78 is 0. The van der Waals surface area contributed by atoms with Crippen LogP contribution in [0.2, 0.25) is 5.02 Å². The molecule has 4 nitrogen and oxygen atoms in total. The summed E-state index contributed by atoms with van der Waals surface area (Å²) in [6, 6.07) is 4.95. The number of nitrogens with zero attached hydrogens (tertiary/aromatic N) is 1. The Balaban J connectivity index is 2.24. The van der Waals surface area contributed by atoms with Crippen LogP contribution in [0.3, 0.4) is 0 Å². The number of amides is 2. The van der Waals surface area contributed by atoms with Crippen LogP contribution in [0.15, 0.2) is 23.1 Å². The fourth-order valence-electron chi connectivity index (χ4n) is 1.66. The third kappa shape index (κ3) is 2.73. The minimum absolute atomic E-state index is 0.0754. The Hall–Kier alpha value is -1.20. The second kappa shape index (κ2) is 4.98. The van der Waals surface area contributed by atoms with Gasteiger partial charge in [-0.25, -0.2) is 0 Å². The van der Waals surface area contributed by atoms with Crippen molar-refractivity contribution in [3.63, 3.8) is 0 Å². The molecule has 0 radical (unpaired) electrons. The monoisotopic (exact) mass is 270 g/mol. The van der Waals surface area contributed by atoms with Crippen LogP contribution in [0.1, 0.15) is 10.4 Å². The van der Waals surface area contributed by atoms with E-state index in [4.69, 9.17) is 11.6 Å². The van der Waals surface area contributed by atoms with Gasteiger partial charge < -0.3 is 10.2 Å². The summed E-state index contributed by atoms with van der Waals surface area (Å²) in [6.07, 6.45) is 0. The first-order chi connectivity index (χ1) is 8.08. The first kappa shape index (κ1) is 12.3. The van der Waals surface area contributed by atoms with Gasteiger partial charge in [0.1, 0.15) is 0 Å². The maximum Gasteiger partial charge on any atom is 0.255 e. The molecule has 0 spiro atoms. The Bertz CT molecular complexity index is 479. The normalized spacial score (nSPS) is 15.6. The number of nitrogens with one attached hydrogen (secondary N) is 1. The lowest BCUT2D eigenvalue weighted by atomic mass is 10.2. The smallest absolute Gasteiger partial charge is 0.255 e. The van der Waals surface area contributed by atoms with Gasteiger partial charge in [0.15, 0.2) is 0 Å². The van der Waals surface area contributed by atoms with E-state index in [1.165, 1.54) is 4.90 Å². The summed E-state index contributed by atoms with van der Waals surface area (Å²) in [5, 5.41) is 3.04. The van der Waals surface area contributed by atoms with Gasteiger partial charge in [0.25, 0.3) is 5.91 Å².